The summed E-state index contributed by atoms with van der Waals surface area (Å²) in [6.07, 6.45) is 4.88. The molecule has 0 atom stereocenters. The molecule has 0 radical (unpaired) electrons. The second kappa shape index (κ2) is 9.23. The van der Waals surface area contributed by atoms with Gasteiger partial charge in [0.15, 0.2) is 5.16 Å². The van der Waals surface area contributed by atoms with Gasteiger partial charge in [-0.05, 0) is 44.2 Å². The molecular formula is C19H17Cl2N5OS. The molecule has 1 N–H and O–H groups in total. The average Bonchev–Trinajstić information content (AvgIpc) is 2.95. The minimum Gasteiger partial charge on any atom is -0.316 e. The lowest BCUT2D eigenvalue weighted by atomic mass is 10.2. The first-order valence-corrected chi connectivity index (χ1v) is 10.1. The van der Waals surface area contributed by atoms with E-state index in [1.54, 1.807) is 36.8 Å². The molecule has 0 saturated carbocycles. The molecule has 0 spiro atoms. The minimum absolute atomic E-state index is 0.181. The number of carbonyl (C=O) groups is 1. The van der Waals surface area contributed by atoms with Gasteiger partial charge < -0.3 is 4.57 Å². The molecule has 28 heavy (non-hydrogen) atoms. The highest BCUT2D eigenvalue weighted by Gasteiger charge is 2.12. The number of amides is 1. The molecule has 2 heterocycles. The van der Waals surface area contributed by atoms with Crippen molar-refractivity contribution in [3.8, 4) is 5.69 Å². The number of hydrazone groups is 1. The van der Waals surface area contributed by atoms with Gasteiger partial charge in [-0.3, -0.25) is 4.79 Å². The minimum atomic E-state index is -0.233. The van der Waals surface area contributed by atoms with Crippen molar-refractivity contribution < 1.29 is 4.79 Å². The standard InChI is InChI=1S/C19H17Cl2N5OS/c1-12-8-14(13(2)26(12)17-5-4-15(20)9-16(17)21)10-24-25-18(27)11-28-19-22-6-3-7-23-19/h3-10H,11H2,1-2H3,(H,25,27)/b24-10-. The van der Waals surface area contributed by atoms with Gasteiger partial charge in [-0.1, -0.05) is 35.0 Å². The van der Waals surface area contributed by atoms with Gasteiger partial charge >= 0.3 is 0 Å². The molecule has 0 aliphatic carbocycles. The lowest BCUT2D eigenvalue weighted by Gasteiger charge is -2.11. The normalized spacial score (nSPS) is 11.1. The monoisotopic (exact) mass is 433 g/mol. The fourth-order valence-corrected chi connectivity index (χ4v) is 3.74. The Kier molecular flexibility index (Phi) is 6.72. The van der Waals surface area contributed by atoms with Crippen molar-refractivity contribution in [2.45, 2.75) is 19.0 Å². The number of rotatable bonds is 6. The Morgan fingerprint density at radius 1 is 1.25 bits per heavy atom. The number of aromatic nitrogens is 3. The van der Waals surface area contributed by atoms with Crippen molar-refractivity contribution in [1.29, 1.82) is 0 Å². The number of aryl methyl sites for hydroxylation is 1. The Labute approximate surface area is 177 Å². The molecule has 1 aromatic carbocycles. The number of hydrogen-bond acceptors (Lipinski definition) is 5. The second-order valence-electron chi connectivity index (χ2n) is 5.87. The first-order chi connectivity index (χ1) is 13.5. The van der Waals surface area contributed by atoms with Crippen LogP contribution < -0.4 is 5.43 Å². The summed E-state index contributed by atoms with van der Waals surface area (Å²) in [4.78, 5) is 20.0. The number of carbonyl (C=O) groups excluding carboxylic acids is 1. The van der Waals surface area contributed by atoms with Crippen LogP contribution in [0.5, 0.6) is 0 Å². The van der Waals surface area contributed by atoms with Gasteiger partial charge in [0.1, 0.15) is 0 Å². The smallest absolute Gasteiger partial charge is 0.250 e. The summed E-state index contributed by atoms with van der Waals surface area (Å²) in [5.74, 6) is -0.0518. The maximum atomic E-state index is 11.9. The van der Waals surface area contributed by atoms with E-state index in [1.165, 1.54) is 11.8 Å². The Morgan fingerprint density at radius 2 is 2.00 bits per heavy atom. The van der Waals surface area contributed by atoms with Crippen LogP contribution in [0.2, 0.25) is 10.0 Å². The number of benzene rings is 1. The summed E-state index contributed by atoms with van der Waals surface area (Å²) in [7, 11) is 0. The summed E-state index contributed by atoms with van der Waals surface area (Å²) in [5, 5.41) is 5.74. The SMILES string of the molecule is Cc1cc(/C=N\NC(=O)CSc2ncccn2)c(C)n1-c1ccc(Cl)cc1Cl. The zero-order valence-corrected chi connectivity index (χ0v) is 17.5. The van der Waals surface area contributed by atoms with Gasteiger partial charge in [0.25, 0.3) is 5.91 Å². The molecule has 9 heteroatoms. The quantitative estimate of drug-likeness (QED) is 0.270. The van der Waals surface area contributed by atoms with Crippen molar-refractivity contribution in [2.24, 2.45) is 5.10 Å². The molecule has 1 amide bonds. The van der Waals surface area contributed by atoms with Crippen LogP contribution in [0, 0.1) is 13.8 Å². The van der Waals surface area contributed by atoms with E-state index in [1.807, 2.05) is 30.5 Å². The summed E-state index contributed by atoms with van der Waals surface area (Å²) in [6.45, 7) is 3.94. The van der Waals surface area contributed by atoms with Crippen LogP contribution in [0.15, 0.2) is 53.0 Å². The molecule has 0 aliphatic heterocycles. The van der Waals surface area contributed by atoms with Crippen molar-refractivity contribution in [2.75, 3.05) is 5.75 Å². The van der Waals surface area contributed by atoms with Crippen LogP contribution in [0.25, 0.3) is 5.69 Å². The fourth-order valence-electron chi connectivity index (χ4n) is 2.65. The van der Waals surface area contributed by atoms with Gasteiger partial charge in [0.05, 0.1) is 22.7 Å². The first kappa shape index (κ1) is 20.4. The van der Waals surface area contributed by atoms with Crippen LogP contribution in [0.1, 0.15) is 17.0 Å². The van der Waals surface area contributed by atoms with E-state index in [0.717, 1.165) is 22.6 Å². The second-order valence-corrected chi connectivity index (χ2v) is 7.66. The first-order valence-electron chi connectivity index (χ1n) is 8.32. The molecule has 0 unspecified atom stereocenters. The van der Waals surface area contributed by atoms with Crippen LogP contribution in [-0.4, -0.2) is 32.4 Å². The summed E-state index contributed by atoms with van der Waals surface area (Å²) in [6, 6.07) is 9.07. The Morgan fingerprint density at radius 3 is 2.71 bits per heavy atom. The van der Waals surface area contributed by atoms with Crippen LogP contribution in [0.3, 0.4) is 0 Å². The molecule has 0 fully saturated rings. The number of halogens is 2. The van der Waals surface area contributed by atoms with Gasteiger partial charge in [-0.2, -0.15) is 5.10 Å². The van der Waals surface area contributed by atoms with Gasteiger partial charge in [-0.15, -0.1) is 0 Å². The highest BCUT2D eigenvalue weighted by Crippen LogP contribution is 2.28. The van der Waals surface area contributed by atoms with Crippen LogP contribution >= 0.6 is 35.0 Å². The third-order valence-corrected chi connectivity index (χ3v) is 5.30. The molecular weight excluding hydrogens is 417 g/mol. The summed E-state index contributed by atoms with van der Waals surface area (Å²) >= 11 is 13.6. The van der Waals surface area contributed by atoms with E-state index in [2.05, 4.69) is 20.5 Å². The summed E-state index contributed by atoms with van der Waals surface area (Å²) < 4.78 is 2.02. The Bertz CT molecular complexity index is 1020. The lowest BCUT2D eigenvalue weighted by molar-refractivity contribution is -0.118. The van der Waals surface area contributed by atoms with Crippen molar-refractivity contribution in [3.63, 3.8) is 0 Å². The molecule has 3 rings (SSSR count). The lowest BCUT2D eigenvalue weighted by Crippen LogP contribution is -2.19. The average molecular weight is 434 g/mol. The third-order valence-electron chi connectivity index (χ3n) is 3.89. The number of nitrogens with one attached hydrogen (secondary N) is 1. The van der Waals surface area contributed by atoms with Gasteiger partial charge in [0, 0.05) is 34.4 Å². The van der Waals surface area contributed by atoms with E-state index in [9.17, 15) is 4.79 Å². The topological polar surface area (TPSA) is 72.2 Å². The number of hydrogen-bond donors (Lipinski definition) is 1. The zero-order valence-electron chi connectivity index (χ0n) is 15.2. The van der Waals surface area contributed by atoms with E-state index in [0.29, 0.717) is 15.2 Å². The molecule has 2 aromatic heterocycles. The molecule has 0 saturated heterocycles. The van der Waals surface area contributed by atoms with Crippen molar-refractivity contribution in [3.05, 3.63) is 69.7 Å². The van der Waals surface area contributed by atoms with E-state index in [4.69, 9.17) is 23.2 Å². The maximum absolute atomic E-state index is 11.9. The van der Waals surface area contributed by atoms with Crippen molar-refractivity contribution >= 4 is 47.1 Å². The third kappa shape index (κ3) is 4.92. The largest absolute Gasteiger partial charge is 0.316 e. The predicted octanol–water partition coefficient (Wildman–Crippen LogP) is 4.43. The van der Waals surface area contributed by atoms with E-state index >= 15 is 0 Å². The predicted molar refractivity (Wildman–Crippen MR) is 114 cm³/mol. The number of thioether (sulfide) groups is 1. The molecule has 144 valence electrons. The van der Waals surface area contributed by atoms with Gasteiger partial charge in [-0.25, -0.2) is 15.4 Å². The Balaban J connectivity index is 1.67. The van der Waals surface area contributed by atoms with Crippen molar-refractivity contribution in [1.82, 2.24) is 20.0 Å². The van der Waals surface area contributed by atoms with E-state index < -0.39 is 0 Å². The number of nitrogens with zero attached hydrogens (tertiary/aromatic N) is 4. The van der Waals surface area contributed by atoms with E-state index in [-0.39, 0.29) is 11.7 Å². The molecule has 3 aromatic rings. The zero-order chi connectivity index (χ0) is 20.1. The Hall–Kier alpha value is -2.35. The molecule has 6 nitrogen and oxygen atoms in total. The molecule has 0 aliphatic rings. The highest BCUT2D eigenvalue weighted by atomic mass is 35.5. The summed E-state index contributed by atoms with van der Waals surface area (Å²) in [5.41, 5.74) is 6.17. The van der Waals surface area contributed by atoms with Crippen LogP contribution in [-0.2, 0) is 4.79 Å². The van der Waals surface area contributed by atoms with Crippen LogP contribution in [0.4, 0.5) is 0 Å². The van der Waals surface area contributed by atoms with Gasteiger partial charge in [0.2, 0.25) is 0 Å². The maximum Gasteiger partial charge on any atom is 0.250 e. The molecule has 0 bridgehead atoms. The fraction of sp³-hybridized carbons (Fsp3) is 0.158. The highest BCUT2D eigenvalue weighted by molar-refractivity contribution is 7.99.